The molecular weight excluding hydrogens is 216 g/mol. The molecule has 1 saturated heterocycles. The van der Waals surface area contributed by atoms with E-state index in [1.807, 2.05) is 13.8 Å². The molecule has 1 aliphatic heterocycles. The molecule has 1 amide bonds. The van der Waals surface area contributed by atoms with Gasteiger partial charge in [0.2, 0.25) is 5.91 Å². The Hall–Kier alpha value is -0.610. The normalized spacial score (nSPS) is 26.5. The molecule has 1 rings (SSSR count). The van der Waals surface area contributed by atoms with Crippen molar-refractivity contribution in [2.45, 2.75) is 40.2 Å². The van der Waals surface area contributed by atoms with Crippen LogP contribution in [0.4, 0.5) is 0 Å². The molecule has 0 spiro atoms. The minimum Gasteiger partial charge on any atom is -0.394 e. The van der Waals surface area contributed by atoms with Crippen LogP contribution in [0.5, 0.6) is 0 Å². The molecule has 0 aromatic carbocycles. The Labute approximate surface area is 104 Å². The molecular formula is C13H26N2O2. The summed E-state index contributed by atoms with van der Waals surface area (Å²) in [6.07, 6.45) is 0.882. The van der Waals surface area contributed by atoms with Gasteiger partial charge in [-0.15, -0.1) is 0 Å². The Morgan fingerprint density at radius 2 is 2.06 bits per heavy atom. The second kappa shape index (κ2) is 5.83. The number of hydrogen-bond donors (Lipinski definition) is 3. The zero-order chi connectivity index (χ0) is 13.1. The summed E-state index contributed by atoms with van der Waals surface area (Å²) in [5.41, 5.74) is -0.303. The smallest absolute Gasteiger partial charge is 0.228 e. The number of carbonyl (C=O) groups is 1. The van der Waals surface area contributed by atoms with Crippen molar-refractivity contribution in [3.63, 3.8) is 0 Å². The quantitative estimate of drug-likeness (QED) is 0.667. The lowest BCUT2D eigenvalue weighted by Crippen LogP contribution is -2.51. The van der Waals surface area contributed by atoms with Crippen molar-refractivity contribution in [1.29, 1.82) is 0 Å². The van der Waals surface area contributed by atoms with Gasteiger partial charge in [0.25, 0.3) is 0 Å². The van der Waals surface area contributed by atoms with Gasteiger partial charge in [0.15, 0.2) is 0 Å². The largest absolute Gasteiger partial charge is 0.394 e. The minimum absolute atomic E-state index is 0.00497. The van der Waals surface area contributed by atoms with E-state index in [4.69, 9.17) is 0 Å². The average Bonchev–Trinajstić information content (AvgIpc) is 2.75. The van der Waals surface area contributed by atoms with Gasteiger partial charge in [0, 0.05) is 6.54 Å². The summed E-state index contributed by atoms with van der Waals surface area (Å²) in [5, 5.41) is 15.6. The van der Waals surface area contributed by atoms with E-state index in [0.29, 0.717) is 5.92 Å². The standard InChI is InChI=1S/C13H26N2O2/c1-9(2)11(7-16)15-12(17)13(10(3)4)5-6-14-8-13/h9-11,14,16H,5-8H2,1-4H3,(H,15,17)/t11-,13?/m1/s1. The summed E-state index contributed by atoms with van der Waals surface area (Å²) < 4.78 is 0. The van der Waals surface area contributed by atoms with Crippen molar-refractivity contribution in [3.05, 3.63) is 0 Å². The lowest BCUT2D eigenvalue weighted by atomic mass is 9.75. The topological polar surface area (TPSA) is 61.4 Å². The number of carbonyl (C=O) groups excluding carboxylic acids is 1. The van der Waals surface area contributed by atoms with Gasteiger partial charge in [-0.3, -0.25) is 4.79 Å². The molecule has 0 radical (unpaired) electrons. The fourth-order valence-electron chi connectivity index (χ4n) is 2.40. The minimum atomic E-state index is -0.303. The summed E-state index contributed by atoms with van der Waals surface area (Å²) >= 11 is 0. The molecule has 0 bridgehead atoms. The van der Waals surface area contributed by atoms with E-state index in [0.717, 1.165) is 19.5 Å². The maximum absolute atomic E-state index is 12.4. The second-order valence-corrected chi connectivity index (χ2v) is 5.74. The molecule has 3 N–H and O–H groups in total. The van der Waals surface area contributed by atoms with Gasteiger partial charge in [-0.05, 0) is 24.8 Å². The molecule has 1 fully saturated rings. The van der Waals surface area contributed by atoms with E-state index < -0.39 is 0 Å². The zero-order valence-electron chi connectivity index (χ0n) is 11.4. The summed E-state index contributed by atoms with van der Waals surface area (Å²) in [7, 11) is 0. The molecule has 1 aliphatic rings. The lowest BCUT2D eigenvalue weighted by molar-refractivity contribution is -0.133. The molecule has 4 heteroatoms. The molecule has 4 nitrogen and oxygen atoms in total. The molecule has 100 valence electrons. The van der Waals surface area contributed by atoms with Gasteiger partial charge in [-0.25, -0.2) is 0 Å². The number of amides is 1. The molecule has 17 heavy (non-hydrogen) atoms. The third-order valence-corrected chi connectivity index (χ3v) is 4.06. The molecule has 2 atom stereocenters. The Balaban J connectivity index is 2.73. The van der Waals surface area contributed by atoms with E-state index in [1.54, 1.807) is 0 Å². The second-order valence-electron chi connectivity index (χ2n) is 5.74. The first-order chi connectivity index (χ1) is 7.94. The third-order valence-electron chi connectivity index (χ3n) is 4.06. The van der Waals surface area contributed by atoms with E-state index in [9.17, 15) is 9.90 Å². The van der Waals surface area contributed by atoms with Gasteiger partial charge in [-0.2, -0.15) is 0 Å². The summed E-state index contributed by atoms with van der Waals surface area (Å²) in [6, 6.07) is -0.140. The van der Waals surface area contributed by atoms with Crippen molar-refractivity contribution in [2.24, 2.45) is 17.3 Å². The first-order valence-corrected chi connectivity index (χ1v) is 6.56. The summed E-state index contributed by atoms with van der Waals surface area (Å²) in [6.45, 7) is 9.85. The molecule has 1 heterocycles. The fraction of sp³-hybridized carbons (Fsp3) is 0.923. The van der Waals surface area contributed by atoms with E-state index >= 15 is 0 Å². The number of hydrogen-bond acceptors (Lipinski definition) is 3. The van der Waals surface area contributed by atoms with Gasteiger partial charge in [0.1, 0.15) is 0 Å². The number of rotatable bonds is 5. The van der Waals surface area contributed by atoms with E-state index in [-0.39, 0.29) is 29.9 Å². The van der Waals surface area contributed by atoms with Crippen molar-refractivity contribution in [2.75, 3.05) is 19.7 Å². The molecule has 0 aromatic rings. The first-order valence-electron chi connectivity index (χ1n) is 6.56. The molecule has 0 aromatic heterocycles. The predicted octanol–water partition coefficient (Wildman–Crippen LogP) is 0.755. The van der Waals surface area contributed by atoms with Crippen molar-refractivity contribution >= 4 is 5.91 Å². The Morgan fingerprint density at radius 3 is 2.41 bits per heavy atom. The van der Waals surface area contributed by atoms with Crippen LogP contribution in [0.1, 0.15) is 34.1 Å². The van der Waals surface area contributed by atoms with Crippen molar-refractivity contribution in [1.82, 2.24) is 10.6 Å². The van der Waals surface area contributed by atoms with Crippen LogP contribution in [0.2, 0.25) is 0 Å². The van der Waals surface area contributed by atoms with Gasteiger partial charge >= 0.3 is 0 Å². The Kier molecular flexibility index (Phi) is 4.95. The predicted molar refractivity (Wildman–Crippen MR) is 68.6 cm³/mol. The summed E-state index contributed by atoms with van der Waals surface area (Å²) in [5.74, 6) is 0.650. The highest BCUT2D eigenvalue weighted by Crippen LogP contribution is 2.34. The zero-order valence-corrected chi connectivity index (χ0v) is 11.4. The highest BCUT2D eigenvalue weighted by atomic mass is 16.3. The molecule has 1 unspecified atom stereocenters. The average molecular weight is 242 g/mol. The monoisotopic (exact) mass is 242 g/mol. The summed E-state index contributed by atoms with van der Waals surface area (Å²) in [4.78, 5) is 12.4. The number of aliphatic hydroxyl groups is 1. The van der Waals surface area contributed by atoms with Crippen LogP contribution in [-0.4, -0.2) is 36.8 Å². The lowest BCUT2D eigenvalue weighted by Gasteiger charge is -2.33. The van der Waals surface area contributed by atoms with Crippen molar-refractivity contribution < 1.29 is 9.90 Å². The SMILES string of the molecule is CC(C)[C@@H](CO)NC(=O)C1(C(C)C)CCNC1. The van der Waals surface area contributed by atoms with Crippen LogP contribution in [0.3, 0.4) is 0 Å². The van der Waals surface area contributed by atoms with Crippen LogP contribution in [0.15, 0.2) is 0 Å². The number of aliphatic hydroxyl groups excluding tert-OH is 1. The Bertz CT molecular complexity index is 258. The van der Waals surface area contributed by atoms with Gasteiger partial charge < -0.3 is 15.7 Å². The number of nitrogens with one attached hydrogen (secondary N) is 2. The molecule has 0 aliphatic carbocycles. The van der Waals surface area contributed by atoms with Crippen LogP contribution in [0.25, 0.3) is 0 Å². The third kappa shape index (κ3) is 2.99. The molecule has 0 saturated carbocycles. The van der Waals surface area contributed by atoms with Crippen LogP contribution in [-0.2, 0) is 4.79 Å². The van der Waals surface area contributed by atoms with Gasteiger partial charge in [-0.1, -0.05) is 27.7 Å². The highest BCUT2D eigenvalue weighted by molar-refractivity contribution is 5.84. The van der Waals surface area contributed by atoms with Crippen molar-refractivity contribution in [3.8, 4) is 0 Å². The maximum atomic E-state index is 12.4. The van der Waals surface area contributed by atoms with Crippen LogP contribution >= 0.6 is 0 Å². The van der Waals surface area contributed by atoms with E-state index in [2.05, 4.69) is 24.5 Å². The Morgan fingerprint density at radius 1 is 1.41 bits per heavy atom. The highest BCUT2D eigenvalue weighted by Gasteiger charge is 2.44. The van der Waals surface area contributed by atoms with Crippen LogP contribution < -0.4 is 10.6 Å². The van der Waals surface area contributed by atoms with Gasteiger partial charge in [0.05, 0.1) is 18.1 Å². The fourth-order valence-corrected chi connectivity index (χ4v) is 2.40. The van der Waals surface area contributed by atoms with E-state index in [1.165, 1.54) is 0 Å². The maximum Gasteiger partial charge on any atom is 0.228 e. The van der Waals surface area contributed by atoms with Crippen LogP contribution in [0, 0.1) is 17.3 Å². The first kappa shape index (κ1) is 14.5.